The summed E-state index contributed by atoms with van der Waals surface area (Å²) in [5.41, 5.74) is -0.570. The first-order valence-corrected chi connectivity index (χ1v) is 11.9. The van der Waals surface area contributed by atoms with Crippen molar-refractivity contribution in [2.24, 2.45) is 0 Å². The molecule has 172 valence electrons. The van der Waals surface area contributed by atoms with Gasteiger partial charge in [0.1, 0.15) is 11.3 Å². The monoisotopic (exact) mass is 459 g/mol. The molecule has 0 aromatic heterocycles. The minimum Gasteiger partial charge on any atom is -0.496 e. The van der Waals surface area contributed by atoms with Gasteiger partial charge in [-0.05, 0) is 31.5 Å². The highest BCUT2D eigenvalue weighted by atomic mass is 32.2. The third-order valence-corrected chi connectivity index (χ3v) is 7.45. The molecule has 2 aromatic rings. The van der Waals surface area contributed by atoms with E-state index in [4.69, 9.17) is 4.74 Å². The topological polar surface area (TPSA) is 96.0 Å². The summed E-state index contributed by atoms with van der Waals surface area (Å²) in [6.07, 6.45) is 0.645. The zero-order valence-electron chi connectivity index (χ0n) is 18.6. The smallest absolute Gasteiger partial charge is 0.247 e. The number of hydrogen-bond acceptors (Lipinski definition) is 5. The minimum atomic E-state index is -3.93. The fourth-order valence-corrected chi connectivity index (χ4v) is 5.41. The molecular weight excluding hydrogens is 430 g/mol. The number of rotatable bonds is 8. The van der Waals surface area contributed by atoms with Gasteiger partial charge in [-0.3, -0.25) is 9.59 Å². The molecule has 8 nitrogen and oxygen atoms in total. The summed E-state index contributed by atoms with van der Waals surface area (Å²) in [7, 11) is -2.38. The van der Waals surface area contributed by atoms with Crippen molar-refractivity contribution < 1.29 is 22.7 Å². The van der Waals surface area contributed by atoms with Crippen LogP contribution in [0.15, 0.2) is 59.5 Å². The second-order valence-electron chi connectivity index (χ2n) is 7.90. The van der Waals surface area contributed by atoms with Crippen LogP contribution in [0.2, 0.25) is 0 Å². The molecule has 0 spiro atoms. The van der Waals surface area contributed by atoms with Crippen LogP contribution in [-0.4, -0.2) is 61.7 Å². The highest BCUT2D eigenvalue weighted by Gasteiger charge is 2.50. The highest BCUT2D eigenvalue weighted by molar-refractivity contribution is 7.89. The first-order chi connectivity index (χ1) is 15.2. The SMILES string of the molecule is CCCN1C(=O)CN(S(=O)(=O)c2ccccc2)C[C@]1(C)C(=O)NCc1ccccc1OC. The van der Waals surface area contributed by atoms with E-state index in [9.17, 15) is 18.0 Å². The third-order valence-electron chi connectivity index (χ3n) is 5.64. The summed E-state index contributed by atoms with van der Waals surface area (Å²) in [5, 5.41) is 2.87. The number of nitrogens with zero attached hydrogens (tertiary/aromatic N) is 2. The molecule has 1 heterocycles. The Morgan fingerprint density at radius 2 is 1.78 bits per heavy atom. The summed E-state index contributed by atoms with van der Waals surface area (Å²) in [5.74, 6) is -0.179. The van der Waals surface area contributed by atoms with Crippen LogP contribution in [-0.2, 0) is 26.2 Å². The molecule has 1 atom stereocenters. The number of carbonyl (C=O) groups excluding carboxylic acids is 2. The Morgan fingerprint density at radius 3 is 2.44 bits per heavy atom. The third kappa shape index (κ3) is 4.63. The molecule has 0 saturated carbocycles. The van der Waals surface area contributed by atoms with Gasteiger partial charge in [-0.25, -0.2) is 8.42 Å². The molecule has 0 unspecified atom stereocenters. The fourth-order valence-electron chi connectivity index (χ4n) is 3.91. The van der Waals surface area contributed by atoms with Gasteiger partial charge < -0.3 is 15.0 Å². The van der Waals surface area contributed by atoms with Crippen LogP contribution in [0.5, 0.6) is 5.75 Å². The van der Waals surface area contributed by atoms with Crippen LogP contribution in [0.3, 0.4) is 0 Å². The number of amides is 2. The predicted molar refractivity (Wildman–Crippen MR) is 120 cm³/mol. The minimum absolute atomic E-state index is 0.0912. The van der Waals surface area contributed by atoms with Gasteiger partial charge in [0.25, 0.3) is 0 Å². The average Bonchev–Trinajstić information content (AvgIpc) is 2.80. The molecule has 1 N–H and O–H groups in total. The van der Waals surface area contributed by atoms with E-state index >= 15 is 0 Å². The molecule has 2 aromatic carbocycles. The van der Waals surface area contributed by atoms with Crippen LogP contribution in [0, 0.1) is 0 Å². The number of carbonyl (C=O) groups is 2. The van der Waals surface area contributed by atoms with Crippen molar-refractivity contribution >= 4 is 21.8 Å². The summed E-state index contributed by atoms with van der Waals surface area (Å²) in [6, 6.07) is 15.2. The average molecular weight is 460 g/mol. The number of hydrogen-bond donors (Lipinski definition) is 1. The van der Waals surface area contributed by atoms with Gasteiger partial charge >= 0.3 is 0 Å². The molecule has 1 aliphatic heterocycles. The van der Waals surface area contributed by atoms with Crippen molar-refractivity contribution in [3.05, 3.63) is 60.2 Å². The maximum absolute atomic E-state index is 13.4. The van der Waals surface area contributed by atoms with Crippen molar-refractivity contribution in [1.82, 2.24) is 14.5 Å². The second kappa shape index (κ2) is 9.70. The molecule has 0 aliphatic carbocycles. The lowest BCUT2D eigenvalue weighted by molar-refractivity contribution is -0.152. The maximum Gasteiger partial charge on any atom is 0.247 e. The number of para-hydroxylation sites is 1. The summed E-state index contributed by atoms with van der Waals surface area (Å²) >= 11 is 0. The standard InChI is InChI=1S/C23H29N3O5S/c1-4-14-26-21(27)16-25(32(29,30)19-11-6-5-7-12-19)17-23(26,2)22(28)24-15-18-10-8-9-13-20(18)31-3/h5-13H,4,14-17H2,1-3H3,(H,24,28)/t23-/m1/s1. The van der Waals surface area contributed by atoms with Crippen LogP contribution in [0.1, 0.15) is 25.8 Å². The Hall–Kier alpha value is -2.91. The van der Waals surface area contributed by atoms with Gasteiger partial charge in [-0.1, -0.05) is 43.3 Å². The fraction of sp³-hybridized carbons (Fsp3) is 0.391. The quantitative estimate of drug-likeness (QED) is 0.652. The van der Waals surface area contributed by atoms with E-state index in [1.54, 1.807) is 38.3 Å². The Bertz CT molecular complexity index is 1070. The van der Waals surface area contributed by atoms with Gasteiger partial charge in [-0.2, -0.15) is 4.31 Å². The Kier molecular flexibility index (Phi) is 7.20. The van der Waals surface area contributed by atoms with Crippen molar-refractivity contribution in [3.63, 3.8) is 0 Å². The molecule has 3 rings (SSSR count). The molecule has 1 aliphatic rings. The van der Waals surface area contributed by atoms with Crippen molar-refractivity contribution in [2.75, 3.05) is 26.7 Å². The number of methoxy groups -OCH3 is 1. The first-order valence-electron chi connectivity index (χ1n) is 10.5. The van der Waals surface area contributed by atoms with Crippen LogP contribution < -0.4 is 10.1 Å². The van der Waals surface area contributed by atoms with Gasteiger partial charge in [0.15, 0.2) is 0 Å². The van der Waals surface area contributed by atoms with E-state index in [1.807, 2.05) is 25.1 Å². The van der Waals surface area contributed by atoms with Gasteiger partial charge in [0, 0.05) is 25.2 Å². The number of piperazine rings is 1. The van der Waals surface area contributed by atoms with Crippen LogP contribution >= 0.6 is 0 Å². The molecule has 0 radical (unpaired) electrons. The van der Waals surface area contributed by atoms with E-state index < -0.39 is 27.4 Å². The summed E-state index contributed by atoms with van der Waals surface area (Å²) in [4.78, 5) is 27.9. The van der Waals surface area contributed by atoms with E-state index in [-0.39, 0.29) is 24.5 Å². The Balaban J connectivity index is 1.88. The molecule has 0 bridgehead atoms. The Morgan fingerprint density at radius 1 is 1.12 bits per heavy atom. The molecule has 1 fully saturated rings. The number of sulfonamides is 1. The van der Waals surface area contributed by atoms with E-state index in [1.165, 1.54) is 17.0 Å². The van der Waals surface area contributed by atoms with Gasteiger partial charge in [0.05, 0.1) is 18.6 Å². The lowest BCUT2D eigenvalue weighted by Gasteiger charge is -2.46. The number of nitrogens with one attached hydrogen (secondary N) is 1. The zero-order valence-corrected chi connectivity index (χ0v) is 19.4. The van der Waals surface area contributed by atoms with Gasteiger partial charge in [0.2, 0.25) is 21.8 Å². The summed E-state index contributed by atoms with van der Waals surface area (Å²) < 4.78 is 32.8. The van der Waals surface area contributed by atoms with Crippen molar-refractivity contribution in [3.8, 4) is 5.75 Å². The molecular formula is C23H29N3O5S. The normalized spacial score (nSPS) is 19.6. The zero-order chi connectivity index (χ0) is 23.4. The number of benzene rings is 2. The summed E-state index contributed by atoms with van der Waals surface area (Å²) in [6.45, 7) is 3.65. The maximum atomic E-state index is 13.4. The number of ether oxygens (including phenoxy) is 1. The van der Waals surface area contributed by atoms with E-state index in [0.29, 0.717) is 18.7 Å². The van der Waals surface area contributed by atoms with E-state index in [2.05, 4.69) is 5.32 Å². The lowest BCUT2D eigenvalue weighted by Crippen LogP contribution is -2.69. The largest absolute Gasteiger partial charge is 0.496 e. The van der Waals surface area contributed by atoms with E-state index in [0.717, 1.165) is 9.87 Å². The van der Waals surface area contributed by atoms with Crippen molar-refractivity contribution in [2.45, 2.75) is 37.2 Å². The highest BCUT2D eigenvalue weighted by Crippen LogP contribution is 2.28. The second-order valence-corrected chi connectivity index (χ2v) is 9.84. The van der Waals surface area contributed by atoms with Crippen LogP contribution in [0.4, 0.5) is 0 Å². The van der Waals surface area contributed by atoms with Crippen LogP contribution in [0.25, 0.3) is 0 Å². The molecule has 2 amide bonds. The van der Waals surface area contributed by atoms with Gasteiger partial charge in [-0.15, -0.1) is 0 Å². The van der Waals surface area contributed by atoms with Crippen molar-refractivity contribution in [1.29, 1.82) is 0 Å². The lowest BCUT2D eigenvalue weighted by atomic mass is 9.95. The molecule has 32 heavy (non-hydrogen) atoms. The first kappa shape index (κ1) is 23.7. The Labute approximate surface area is 189 Å². The predicted octanol–water partition coefficient (Wildman–Crippen LogP) is 2.01. The molecule has 9 heteroatoms. The molecule has 1 saturated heterocycles.